The molecule has 13 heteroatoms. The first-order valence-electron chi connectivity index (χ1n) is 8.82. The minimum Gasteiger partial charge on any atom is -0.507 e. The highest BCUT2D eigenvalue weighted by Gasteiger charge is 2.44. The van der Waals surface area contributed by atoms with E-state index >= 15 is 0 Å². The minimum atomic E-state index is -1.28. The number of hydrogen-bond donors (Lipinski definition) is 6. The number of aliphatic hydroxyl groups is 3. The van der Waals surface area contributed by atoms with Crippen molar-refractivity contribution in [3.05, 3.63) is 30.4 Å². The molecule has 4 rings (SSSR count). The van der Waals surface area contributed by atoms with Crippen molar-refractivity contribution < 1.29 is 34.1 Å². The molecule has 3 aromatic rings. The smallest absolute Gasteiger partial charge is 0.179 e. The van der Waals surface area contributed by atoms with Gasteiger partial charge in [-0.3, -0.25) is 4.57 Å². The van der Waals surface area contributed by atoms with Gasteiger partial charge in [0.15, 0.2) is 39.5 Å². The summed E-state index contributed by atoms with van der Waals surface area (Å²) < 4.78 is 11.8. The highest BCUT2D eigenvalue weighted by atomic mass is 79.9. The van der Waals surface area contributed by atoms with E-state index in [1.165, 1.54) is 29.4 Å². The number of nitrogens with zero attached hydrogens (tertiary/aromatic N) is 4. The van der Waals surface area contributed by atoms with E-state index in [4.69, 9.17) is 8.57 Å². The topological polar surface area (TPSA) is 175 Å². The first-order valence-corrected chi connectivity index (χ1v) is 9.46. The van der Waals surface area contributed by atoms with Crippen molar-refractivity contribution in [1.29, 1.82) is 0 Å². The molecule has 6 N–H and O–H groups in total. The van der Waals surface area contributed by atoms with Crippen LogP contribution in [0.15, 0.2) is 24.8 Å². The van der Waals surface area contributed by atoms with Crippen molar-refractivity contribution in [2.24, 2.45) is 0 Å². The molecular weight excluding hydrogens is 466 g/mol. The van der Waals surface area contributed by atoms with E-state index in [0.717, 1.165) is 0 Å². The molecule has 4 atom stereocenters. The summed E-state index contributed by atoms with van der Waals surface area (Å²) in [5.74, 6) is 0.180. The van der Waals surface area contributed by atoms with Crippen LogP contribution >= 0.6 is 16.3 Å². The molecular formula is C17H18BrN5O7. The second kappa shape index (κ2) is 8.20. The second-order valence-corrected chi connectivity index (χ2v) is 6.97. The van der Waals surface area contributed by atoms with Gasteiger partial charge >= 0.3 is 0 Å². The Morgan fingerprint density at radius 2 is 1.87 bits per heavy atom. The molecule has 30 heavy (non-hydrogen) atoms. The summed E-state index contributed by atoms with van der Waals surface area (Å²) in [6, 6.07) is 2.66. The van der Waals surface area contributed by atoms with Crippen molar-refractivity contribution in [2.75, 3.05) is 11.9 Å². The number of aliphatic hydroxyl groups excluding tert-OH is 3. The summed E-state index contributed by atoms with van der Waals surface area (Å²) >= 11 is 2.78. The van der Waals surface area contributed by atoms with Gasteiger partial charge in [-0.05, 0) is 0 Å². The van der Waals surface area contributed by atoms with E-state index in [9.17, 15) is 25.5 Å². The van der Waals surface area contributed by atoms with Crippen LogP contribution in [-0.4, -0.2) is 70.0 Å². The number of phenols is 2. The third kappa shape index (κ3) is 3.50. The summed E-state index contributed by atoms with van der Waals surface area (Å²) in [6.45, 7) is -0.428. The SMILES string of the molecule is OC[C@H]1O[C@@H](n2cnc3c(NCc4c(O)cc(OBr)cc4O)ncnc32)[C@H](O)[C@@H]1O. The molecule has 0 aliphatic carbocycles. The lowest BCUT2D eigenvalue weighted by Crippen LogP contribution is -2.33. The van der Waals surface area contributed by atoms with Crippen LogP contribution in [0.25, 0.3) is 11.2 Å². The Kier molecular flexibility index (Phi) is 5.62. The summed E-state index contributed by atoms with van der Waals surface area (Å²) in [5, 5.41) is 52.7. The van der Waals surface area contributed by atoms with Crippen LogP contribution in [0.1, 0.15) is 11.8 Å². The van der Waals surface area contributed by atoms with Crippen LogP contribution in [-0.2, 0) is 11.3 Å². The molecule has 0 amide bonds. The Balaban J connectivity index is 1.60. The maximum atomic E-state index is 10.3. The predicted molar refractivity (Wildman–Crippen MR) is 105 cm³/mol. The Morgan fingerprint density at radius 1 is 1.13 bits per heavy atom. The molecule has 0 spiro atoms. The van der Waals surface area contributed by atoms with Gasteiger partial charge in [-0.15, -0.1) is 0 Å². The number of ether oxygens (including phenoxy) is 1. The van der Waals surface area contributed by atoms with E-state index < -0.39 is 31.1 Å². The molecule has 160 valence electrons. The number of rotatable bonds is 6. The van der Waals surface area contributed by atoms with E-state index in [-0.39, 0.29) is 29.4 Å². The van der Waals surface area contributed by atoms with Crippen LogP contribution in [0.4, 0.5) is 5.82 Å². The molecule has 1 saturated heterocycles. The minimum absolute atomic E-state index is 0.0209. The molecule has 3 heterocycles. The second-order valence-electron chi connectivity index (χ2n) is 6.65. The monoisotopic (exact) mass is 483 g/mol. The van der Waals surface area contributed by atoms with Gasteiger partial charge in [0, 0.05) is 18.7 Å². The average molecular weight is 484 g/mol. The van der Waals surface area contributed by atoms with E-state index in [1.54, 1.807) is 0 Å². The number of imidazole rings is 1. The molecule has 1 aromatic carbocycles. The molecule has 0 unspecified atom stereocenters. The fourth-order valence-electron chi connectivity index (χ4n) is 3.29. The van der Waals surface area contributed by atoms with Crippen molar-refractivity contribution in [3.8, 4) is 17.2 Å². The summed E-state index contributed by atoms with van der Waals surface area (Å²) in [4.78, 5) is 12.5. The molecule has 0 bridgehead atoms. The number of benzene rings is 1. The zero-order chi connectivity index (χ0) is 21.4. The van der Waals surface area contributed by atoms with E-state index in [2.05, 4.69) is 36.5 Å². The Hall–Kier alpha value is -2.71. The fourth-order valence-corrected chi connectivity index (χ4v) is 3.48. The number of hydrogen-bond acceptors (Lipinski definition) is 11. The Bertz CT molecular complexity index is 1040. The van der Waals surface area contributed by atoms with Crippen LogP contribution in [0.3, 0.4) is 0 Å². The Labute approximate surface area is 177 Å². The molecule has 1 aliphatic rings. The normalized spacial score (nSPS) is 23.7. The van der Waals surface area contributed by atoms with Gasteiger partial charge < -0.3 is 39.4 Å². The summed E-state index contributed by atoms with van der Waals surface area (Å²) in [7, 11) is 0. The Morgan fingerprint density at radius 3 is 2.50 bits per heavy atom. The van der Waals surface area contributed by atoms with Gasteiger partial charge in [-0.2, -0.15) is 0 Å². The highest BCUT2D eigenvalue weighted by molar-refractivity contribution is 9.06. The third-order valence-electron chi connectivity index (χ3n) is 4.85. The van der Waals surface area contributed by atoms with Gasteiger partial charge in [0.25, 0.3) is 0 Å². The number of fused-ring (bicyclic) bond motifs is 1. The lowest BCUT2D eigenvalue weighted by atomic mass is 10.1. The molecule has 0 radical (unpaired) electrons. The first kappa shape index (κ1) is 20.6. The van der Waals surface area contributed by atoms with Gasteiger partial charge in [-0.25, -0.2) is 15.0 Å². The first-order chi connectivity index (χ1) is 14.4. The predicted octanol–water partition coefficient (Wildman–Crippen LogP) is 0.150. The van der Waals surface area contributed by atoms with Crippen LogP contribution in [0, 0.1) is 0 Å². The quantitative estimate of drug-likeness (QED) is 0.281. The average Bonchev–Trinajstić information content (AvgIpc) is 3.29. The highest BCUT2D eigenvalue weighted by Crippen LogP contribution is 2.35. The van der Waals surface area contributed by atoms with E-state index in [0.29, 0.717) is 17.0 Å². The summed E-state index contributed by atoms with van der Waals surface area (Å²) in [6.07, 6.45) is -1.81. The molecule has 1 aliphatic heterocycles. The zero-order valence-corrected chi connectivity index (χ0v) is 16.8. The molecule has 12 nitrogen and oxygen atoms in total. The van der Waals surface area contributed by atoms with Gasteiger partial charge in [0.1, 0.15) is 41.9 Å². The molecule has 1 fully saturated rings. The van der Waals surface area contributed by atoms with Gasteiger partial charge in [-0.1, -0.05) is 0 Å². The van der Waals surface area contributed by atoms with Crippen molar-refractivity contribution >= 4 is 33.2 Å². The maximum Gasteiger partial charge on any atom is 0.179 e. The largest absolute Gasteiger partial charge is 0.507 e. The van der Waals surface area contributed by atoms with Gasteiger partial charge in [0.05, 0.1) is 18.5 Å². The molecule has 2 aromatic heterocycles. The van der Waals surface area contributed by atoms with Gasteiger partial charge in [0.2, 0.25) is 0 Å². The number of nitrogens with one attached hydrogen (secondary N) is 1. The number of phenolic OH excluding ortho intramolecular Hbond substituents is 2. The van der Waals surface area contributed by atoms with E-state index in [1.807, 2.05) is 0 Å². The fraction of sp³-hybridized carbons (Fsp3) is 0.353. The van der Waals surface area contributed by atoms with Crippen LogP contribution in [0.5, 0.6) is 17.2 Å². The number of halogens is 1. The van der Waals surface area contributed by atoms with Crippen molar-refractivity contribution in [3.63, 3.8) is 0 Å². The number of anilines is 1. The number of aromatic nitrogens is 4. The standard InChI is InChI=1S/C17H18BrN5O7/c18-30-7-1-9(25)8(10(26)2-7)3-19-15-12-16(21-5-20-15)23(6-22-12)17-14(28)13(27)11(4-24)29-17/h1-2,5-6,11,13-14,17,24-28H,3-4H2,(H,19,20,21)/t11-,13-,14-,17-/m1/s1. The lowest BCUT2D eigenvalue weighted by Gasteiger charge is -2.16. The third-order valence-corrected chi connectivity index (χ3v) is 5.22. The molecule has 0 saturated carbocycles. The lowest BCUT2D eigenvalue weighted by molar-refractivity contribution is -0.0511. The van der Waals surface area contributed by atoms with Crippen LogP contribution in [0.2, 0.25) is 0 Å². The van der Waals surface area contributed by atoms with Crippen molar-refractivity contribution in [2.45, 2.75) is 31.1 Å². The zero-order valence-electron chi connectivity index (χ0n) is 15.3. The van der Waals surface area contributed by atoms with Crippen LogP contribution < -0.4 is 9.15 Å². The summed E-state index contributed by atoms with van der Waals surface area (Å²) in [5.41, 5.74) is 0.881. The van der Waals surface area contributed by atoms with Crippen molar-refractivity contribution in [1.82, 2.24) is 19.5 Å². The maximum absolute atomic E-state index is 10.3. The number of aromatic hydroxyl groups is 2.